The Balaban J connectivity index is 1.77. The maximum atomic E-state index is 12.8. The summed E-state index contributed by atoms with van der Waals surface area (Å²) in [4.78, 5) is 26.1. The van der Waals surface area contributed by atoms with Gasteiger partial charge >= 0.3 is 0 Å². The molecule has 1 aromatic rings. The van der Waals surface area contributed by atoms with Crippen LogP contribution in [-0.4, -0.2) is 40.3 Å². The smallest absolute Gasteiger partial charge is 0.235 e. The van der Waals surface area contributed by atoms with Gasteiger partial charge in [0.15, 0.2) is 0 Å². The van der Waals surface area contributed by atoms with Gasteiger partial charge in [-0.3, -0.25) is 9.59 Å². The average molecular weight is 324 g/mol. The number of hydrogen-bond acceptors (Lipinski definition) is 3. The quantitative estimate of drug-likeness (QED) is 0.839. The molecule has 0 heterocycles. The van der Waals surface area contributed by atoms with Gasteiger partial charge in [-0.15, -0.1) is 11.8 Å². The molecule has 1 aliphatic carbocycles. The second-order valence-electron chi connectivity index (χ2n) is 5.36. The molecule has 1 unspecified atom stereocenters. The Labute approximate surface area is 134 Å². The zero-order valence-corrected chi connectivity index (χ0v) is 13.7. The molecule has 2 rings (SSSR count). The highest BCUT2D eigenvalue weighted by Gasteiger charge is 2.33. The fourth-order valence-electron chi connectivity index (χ4n) is 2.22. The molecular formula is C16H21FN2O2S. The van der Waals surface area contributed by atoms with Gasteiger partial charge in [-0.2, -0.15) is 0 Å². The molecule has 0 aliphatic heterocycles. The lowest BCUT2D eigenvalue weighted by atomic mass is 10.3. The first-order valence-electron chi connectivity index (χ1n) is 7.48. The molecule has 1 aliphatic rings. The molecule has 1 saturated carbocycles. The number of hydrogen-bond donors (Lipinski definition) is 1. The SMILES string of the molecule is CCN(C(=O)C(C)SCC(=O)Nc1ccc(F)cc1)C1CC1. The van der Waals surface area contributed by atoms with Crippen molar-refractivity contribution in [2.24, 2.45) is 0 Å². The molecule has 0 radical (unpaired) electrons. The second kappa shape index (κ2) is 7.63. The topological polar surface area (TPSA) is 49.4 Å². The molecule has 1 fully saturated rings. The van der Waals surface area contributed by atoms with Crippen molar-refractivity contribution in [1.82, 2.24) is 4.90 Å². The molecule has 120 valence electrons. The highest BCUT2D eigenvalue weighted by Crippen LogP contribution is 2.28. The first-order chi connectivity index (χ1) is 10.5. The van der Waals surface area contributed by atoms with Gasteiger partial charge in [0, 0.05) is 18.3 Å². The minimum Gasteiger partial charge on any atom is -0.339 e. The van der Waals surface area contributed by atoms with Crippen LogP contribution in [0.5, 0.6) is 0 Å². The number of amides is 2. The molecule has 0 spiro atoms. The van der Waals surface area contributed by atoms with E-state index in [9.17, 15) is 14.0 Å². The van der Waals surface area contributed by atoms with Gasteiger partial charge in [-0.05, 0) is 51.0 Å². The third-order valence-corrected chi connectivity index (χ3v) is 4.68. The summed E-state index contributed by atoms with van der Waals surface area (Å²) in [6, 6.07) is 6.01. The van der Waals surface area contributed by atoms with Crippen LogP contribution in [0, 0.1) is 5.82 Å². The van der Waals surface area contributed by atoms with E-state index in [2.05, 4.69) is 5.32 Å². The Hall–Kier alpha value is -1.56. The Morgan fingerprint density at radius 1 is 1.36 bits per heavy atom. The number of carbonyl (C=O) groups is 2. The molecule has 0 aromatic heterocycles. The fourth-order valence-corrected chi connectivity index (χ4v) is 2.97. The van der Waals surface area contributed by atoms with Crippen LogP contribution in [-0.2, 0) is 9.59 Å². The lowest BCUT2D eigenvalue weighted by molar-refractivity contribution is -0.130. The first kappa shape index (κ1) is 16.8. The minimum absolute atomic E-state index is 0.101. The van der Waals surface area contributed by atoms with E-state index < -0.39 is 0 Å². The lowest BCUT2D eigenvalue weighted by Crippen LogP contribution is -2.38. The standard InChI is InChI=1S/C16H21FN2O2S/c1-3-19(14-8-9-14)16(21)11(2)22-10-15(20)18-13-6-4-12(17)5-7-13/h4-7,11,14H,3,8-10H2,1-2H3,(H,18,20). The van der Waals surface area contributed by atoms with Crippen molar-refractivity contribution < 1.29 is 14.0 Å². The fraction of sp³-hybridized carbons (Fsp3) is 0.500. The molecule has 4 nitrogen and oxygen atoms in total. The van der Waals surface area contributed by atoms with E-state index in [1.807, 2.05) is 18.7 Å². The number of benzene rings is 1. The molecule has 2 amide bonds. The molecule has 0 bridgehead atoms. The predicted octanol–water partition coefficient (Wildman–Crippen LogP) is 2.90. The number of halogens is 1. The van der Waals surface area contributed by atoms with Crippen LogP contribution in [0.3, 0.4) is 0 Å². The Kier molecular flexibility index (Phi) is 5.83. The molecular weight excluding hydrogens is 303 g/mol. The summed E-state index contributed by atoms with van der Waals surface area (Å²) in [7, 11) is 0. The molecule has 1 aromatic carbocycles. The lowest BCUT2D eigenvalue weighted by Gasteiger charge is -2.23. The Morgan fingerprint density at radius 3 is 2.55 bits per heavy atom. The number of nitrogens with zero attached hydrogens (tertiary/aromatic N) is 1. The summed E-state index contributed by atoms with van der Waals surface area (Å²) >= 11 is 1.33. The summed E-state index contributed by atoms with van der Waals surface area (Å²) in [5, 5.41) is 2.45. The normalized spacial score (nSPS) is 15.2. The van der Waals surface area contributed by atoms with Crippen LogP contribution in [0.2, 0.25) is 0 Å². The van der Waals surface area contributed by atoms with Gasteiger partial charge in [0.25, 0.3) is 0 Å². The number of anilines is 1. The largest absolute Gasteiger partial charge is 0.339 e. The number of thioether (sulfide) groups is 1. The second-order valence-corrected chi connectivity index (χ2v) is 6.69. The van der Waals surface area contributed by atoms with Gasteiger partial charge in [0.05, 0.1) is 11.0 Å². The third-order valence-electron chi connectivity index (χ3n) is 3.55. The molecule has 1 atom stereocenters. The van der Waals surface area contributed by atoms with Crippen LogP contribution in [0.15, 0.2) is 24.3 Å². The van der Waals surface area contributed by atoms with Crippen LogP contribution >= 0.6 is 11.8 Å². The molecule has 0 saturated heterocycles. The summed E-state index contributed by atoms with van der Waals surface area (Å²) in [6.45, 7) is 4.54. The Morgan fingerprint density at radius 2 is 2.00 bits per heavy atom. The maximum Gasteiger partial charge on any atom is 0.235 e. The van der Waals surface area contributed by atoms with Crippen molar-refractivity contribution in [2.75, 3.05) is 17.6 Å². The molecule has 6 heteroatoms. The maximum absolute atomic E-state index is 12.8. The van der Waals surface area contributed by atoms with Crippen LogP contribution in [0.1, 0.15) is 26.7 Å². The highest BCUT2D eigenvalue weighted by atomic mass is 32.2. The summed E-state index contributed by atoms with van der Waals surface area (Å²) in [5.41, 5.74) is 0.555. The van der Waals surface area contributed by atoms with Crippen molar-refractivity contribution in [3.8, 4) is 0 Å². The van der Waals surface area contributed by atoms with Crippen molar-refractivity contribution in [3.63, 3.8) is 0 Å². The van der Waals surface area contributed by atoms with E-state index in [1.54, 1.807) is 0 Å². The van der Waals surface area contributed by atoms with Gasteiger partial charge in [0.1, 0.15) is 5.82 Å². The summed E-state index contributed by atoms with van der Waals surface area (Å²) in [5.74, 6) is -0.228. The first-order valence-corrected chi connectivity index (χ1v) is 8.53. The Bertz CT molecular complexity index is 531. The zero-order valence-electron chi connectivity index (χ0n) is 12.8. The van der Waals surface area contributed by atoms with Crippen molar-refractivity contribution >= 4 is 29.3 Å². The van der Waals surface area contributed by atoms with Gasteiger partial charge in [0.2, 0.25) is 11.8 Å². The predicted molar refractivity (Wildman–Crippen MR) is 87.4 cm³/mol. The van der Waals surface area contributed by atoms with E-state index >= 15 is 0 Å². The molecule has 1 N–H and O–H groups in total. The van der Waals surface area contributed by atoms with Crippen LogP contribution in [0.4, 0.5) is 10.1 Å². The van der Waals surface area contributed by atoms with Crippen molar-refractivity contribution in [2.45, 2.75) is 38.0 Å². The van der Waals surface area contributed by atoms with Crippen molar-refractivity contribution in [3.05, 3.63) is 30.1 Å². The van der Waals surface area contributed by atoms with Gasteiger partial charge in [-0.25, -0.2) is 4.39 Å². The van der Waals surface area contributed by atoms with E-state index in [0.29, 0.717) is 11.7 Å². The summed E-state index contributed by atoms with van der Waals surface area (Å²) < 4.78 is 12.8. The monoisotopic (exact) mass is 324 g/mol. The van der Waals surface area contributed by atoms with Gasteiger partial charge < -0.3 is 10.2 Å². The van der Waals surface area contributed by atoms with Crippen LogP contribution in [0.25, 0.3) is 0 Å². The van der Waals surface area contributed by atoms with Gasteiger partial charge in [-0.1, -0.05) is 0 Å². The molecule has 22 heavy (non-hydrogen) atoms. The zero-order chi connectivity index (χ0) is 16.1. The van der Waals surface area contributed by atoms with E-state index in [4.69, 9.17) is 0 Å². The van der Waals surface area contributed by atoms with E-state index in [-0.39, 0.29) is 28.6 Å². The summed E-state index contributed by atoms with van der Waals surface area (Å²) in [6.07, 6.45) is 2.17. The van der Waals surface area contributed by atoms with Crippen molar-refractivity contribution in [1.29, 1.82) is 0 Å². The highest BCUT2D eigenvalue weighted by molar-refractivity contribution is 8.01. The third kappa shape index (κ3) is 4.73. The van der Waals surface area contributed by atoms with E-state index in [0.717, 1.165) is 19.4 Å². The minimum atomic E-state index is -0.341. The average Bonchev–Trinajstić information content (AvgIpc) is 3.32. The number of rotatable bonds is 7. The van der Waals surface area contributed by atoms with E-state index in [1.165, 1.54) is 36.0 Å². The van der Waals surface area contributed by atoms with Crippen LogP contribution < -0.4 is 5.32 Å². The number of carbonyl (C=O) groups excluding carboxylic acids is 2. The number of nitrogens with one attached hydrogen (secondary N) is 1.